The van der Waals surface area contributed by atoms with E-state index in [0.717, 1.165) is 12.8 Å². The van der Waals surface area contributed by atoms with Crippen LogP contribution in [0.3, 0.4) is 0 Å². The SMILES string of the molecule is CC(C)(C)OC(=O)[C@H]1C[C@H]2C=C[C@@H]1[C@]21CC1CO. The summed E-state index contributed by atoms with van der Waals surface area (Å²) in [4.78, 5) is 12.2. The van der Waals surface area contributed by atoms with E-state index in [-0.39, 0.29) is 23.9 Å². The topological polar surface area (TPSA) is 46.5 Å². The highest BCUT2D eigenvalue weighted by Gasteiger charge is 2.70. The zero-order valence-corrected chi connectivity index (χ0v) is 11.3. The molecule has 2 fully saturated rings. The minimum atomic E-state index is -0.407. The molecule has 100 valence electrons. The van der Waals surface area contributed by atoms with Crippen molar-refractivity contribution in [2.75, 3.05) is 6.61 Å². The van der Waals surface area contributed by atoms with Crippen LogP contribution in [0.15, 0.2) is 12.2 Å². The minimum absolute atomic E-state index is 0.00998. The van der Waals surface area contributed by atoms with Crippen LogP contribution in [0, 0.1) is 29.1 Å². The van der Waals surface area contributed by atoms with Gasteiger partial charge in [0.2, 0.25) is 0 Å². The lowest BCUT2D eigenvalue weighted by atomic mass is 9.87. The van der Waals surface area contributed by atoms with Crippen LogP contribution >= 0.6 is 0 Å². The van der Waals surface area contributed by atoms with Gasteiger partial charge in [0.1, 0.15) is 5.60 Å². The summed E-state index contributed by atoms with van der Waals surface area (Å²) in [5, 5.41) is 9.36. The first-order valence-electron chi connectivity index (χ1n) is 6.90. The molecule has 2 bridgehead atoms. The number of aliphatic hydroxyl groups is 1. The van der Waals surface area contributed by atoms with E-state index in [1.807, 2.05) is 20.8 Å². The van der Waals surface area contributed by atoms with Crippen molar-refractivity contribution >= 4 is 5.97 Å². The third-order valence-electron chi connectivity index (χ3n) is 4.93. The Morgan fingerprint density at radius 1 is 1.44 bits per heavy atom. The molecule has 0 aromatic heterocycles. The van der Waals surface area contributed by atoms with Crippen molar-refractivity contribution in [3.8, 4) is 0 Å². The summed E-state index contributed by atoms with van der Waals surface area (Å²) in [5.41, 5.74) is -0.202. The first-order valence-corrected chi connectivity index (χ1v) is 6.90. The summed E-state index contributed by atoms with van der Waals surface area (Å²) in [6, 6.07) is 0. The van der Waals surface area contributed by atoms with Gasteiger partial charge in [0.15, 0.2) is 0 Å². The number of carbonyl (C=O) groups is 1. The van der Waals surface area contributed by atoms with Crippen LogP contribution in [0.4, 0.5) is 0 Å². The smallest absolute Gasteiger partial charge is 0.310 e. The Morgan fingerprint density at radius 3 is 2.72 bits per heavy atom. The minimum Gasteiger partial charge on any atom is -0.460 e. The molecule has 3 aliphatic carbocycles. The van der Waals surface area contributed by atoms with E-state index in [1.165, 1.54) is 0 Å². The van der Waals surface area contributed by atoms with E-state index < -0.39 is 5.60 Å². The molecule has 0 amide bonds. The van der Waals surface area contributed by atoms with Gasteiger partial charge >= 0.3 is 5.97 Å². The fourth-order valence-electron chi connectivity index (χ4n) is 4.17. The predicted octanol–water partition coefficient (Wildman–Crippen LogP) is 2.15. The van der Waals surface area contributed by atoms with Crippen molar-refractivity contribution < 1.29 is 14.6 Å². The fourth-order valence-corrected chi connectivity index (χ4v) is 4.17. The lowest BCUT2D eigenvalue weighted by Crippen LogP contribution is -2.31. The number of aliphatic hydroxyl groups excluding tert-OH is 1. The summed E-state index contributed by atoms with van der Waals surface area (Å²) in [6.07, 6.45) is 6.43. The number of esters is 1. The molecule has 0 aliphatic heterocycles. The van der Waals surface area contributed by atoms with Crippen molar-refractivity contribution in [3.05, 3.63) is 12.2 Å². The van der Waals surface area contributed by atoms with Crippen LogP contribution in [-0.4, -0.2) is 23.3 Å². The zero-order chi connectivity index (χ0) is 13.1. The highest BCUT2D eigenvalue weighted by atomic mass is 16.6. The highest BCUT2D eigenvalue weighted by Crippen LogP contribution is 2.73. The number of carbonyl (C=O) groups excluding carboxylic acids is 1. The second-order valence-electron chi connectivity index (χ2n) is 7.09. The quantitative estimate of drug-likeness (QED) is 0.603. The summed E-state index contributed by atoms with van der Waals surface area (Å²) in [6.45, 7) is 6.00. The fraction of sp³-hybridized carbons (Fsp3) is 0.800. The number of hydrogen-bond acceptors (Lipinski definition) is 3. The van der Waals surface area contributed by atoms with Gasteiger partial charge in [-0.15, -0.1) is 0 Å². The van der Waals surface area contributed by atoms with Crippen LogP contribution in [0.1, 0.15) is 33.6 Å². The third kappa shape index (κ3) is 1.56. The molecule has 0 radical (unpaired) electrons. The molecule has 1 unspecified atom stereocenters. The zero-order valence-electron chi connectivity index (χ0n) is 11.3. The average Bonchev–Trinajstić information content (AvgIpc) is 2.81. The Kier molecular flexibility index (Phi) is 2.44. The van der Waals surface area contributed by atoms with Crippen LogP contribution in [0.2, 0.25) is 0 Å². The molecule has 18 heavy (non-hydrogen) atoms. The Balaban J connectivity index is 1.75. The first-order chi connectivity index (χ1) is 8.38. The van der Waals surface area contributed by atoms with E-state index >= 15 is 0 Å². The highest BCUT2D eigenvalue weighted by molar-refractivity contribution is 5.75. The van der Waals surface area contributed by atoms with Gasteiger partial charge in [-0.2, -0.15) is 0 Å². The summed E-state index contributed by atoms with van der Waals surface area (Å²) >= 11 is 0. The normalized spacial score (nSPS) is 44.7. The number of allylic oxidation sites excluding steroid dienone is 2. The number of rotatable bonds is 2. The number of ether oxygens (including phenoxy) is 1. The molecule has 3 heteroatoms. The maximum Gasteiger partial charge on any atom is 0.310 e. The predicted molar refractivity (Wildman–Crippen MR) is 67.7 cm³/mol. The molecular formula is C15H22O3. The van der Waals surface area contributed by atoms with Gasteiger partial charge in [-0.3, -0.25) is 4.79 Å². The van der Waals surface area contributed by atoms with E-state index in [4.69, 9.17) is 4.74 Å². The Hall–Kier alpha value is -0.830. The van der Waals surface area contributed by atoms with Gasteiger partial charge in [0, 0.05) is 6.61 Å². The van der Waals surface area contributed by atoms with E-state index in [0.29, 0.717) is 17.8 Å². The van der Waals surface area contributed by atoms with Crippen LogP contribution < -0.4 is 0 Å². The molecule has 0 aromatic carbocycles. The molecule has 1 N–H and O–H groups in total. The molecule has 2 saturated carbocycles. The Labute approximate surface area is 108 Å². The summed E-state index contributed by atoms with van der Waals surface area (Å²) < 4.78 is 5.53. The van der Waals surface area contributed by atoms with Crippen molar-refractivity contribution in [1.82, 2.24) is 0 Å². The van der Waals surface area contributed by atoms with Gasteiger partial charge in [-0.1, -0.05) is 12.2 Å². The van der Waals surface area contributed by atoms with Crippen LogP contribution in [-0.2, 0) is 9.53 Å². The lowest BCUT2D eigenvalue weighted by Gasteiger charge is -2.25. The van der Waals surface area contributed by atoms with E-state index in [2.05, 4.69) is 12.2 Å². The second-order valence-corrected chi connectivity index (χ2v) is 7.09. The van der Waals surface area contributed by atoms with Crippen molar-refractivity contribution in [2.45, 2.75) is 39.2 Å². The van der Waals surface area contributed by atoms with Gasteiger partial charge in [0.25, 0.3) is 0 Å². The maximum absolute atomic E-state index is 12.2. The third-order valence-corrected chi connectivity index (χ3v) is 4.93. The van der Waals surface area contributed by atoms with Gasteiger partial charge in [-0.05, 0) is 56.8 Å². The first kappa shape index (κ1) is 12.2. The molecule has 0 heterocycles. The summed E-state index contributed by atoms with van der Waals surface area (Å²) in [7, 11) is 0. The van der Waals surface area contributed by atoms with Gasteiger partial charge < -0.3 is 9.84 Å². The Morgan fingerprint density at radius 2 is 2.17 bits per heavy atom. The van der Waals surface area contributed by atoms with Crippen molar-refractivity contribution in [1.29, 1.82) is 0 Å². The Bertz CT molecular complexity index is 406. The van der Waals surface area contributed by atoms with Crippen LogP contribution in [0.25, 0.3) is 0 Å². The molecule has 3 aliphatic rings. The van der Waals surface area contributed by atoms with Crippen molar-refractivity contribution in [2.24, 2.45) is 29.1 Å². The standard InChI is InChI=1S/C15H22O3/c1-14(2,3)18-13(17)11-6-9-4-5-12(11)15(9)7-10(15)8-16/h4-5,9-12,16H,6-8H2,1-3H3/t9-,10?,11+,12+,15-/m1/s1. The van der Waals surface area contributed by atoms with Gasteiger partial charge in [0.05, 0.1) is 5.92 Å². The average molecular weight is 250 g/mol. The monoisotopic (exact) mass is 250 g/mol. The molecule has 3 nitrogen and oxygen atoms in total. The summed E-state index contributed by atoms with van der Waals surface area (Å²) in [5.74, 6) is 1.14. The molecule has 0 aromatic rings. The van der Waals surface area contributed by atoms with Crippen LogP contribution in [0.5, 0.6) is 0 Å². The van der Waals surface area contributed by atoms with Gasteiger partial charge in [-0.25, -0.2) is 0 Å². The molecular weight excluding hydrogens is 228 g/mol. The molecule has 0 saturated heterocycles. The lowest BCUT2D eigenvalue weighted by molar-refractivity contribution is -0.161. The molecule has 1 spiro atoms. The van der Waals surface area contributed by atoms with Crippen molar-refractivity contribution in [3.63, 3.8) is 0 Å². The van der Waals surface area contributed by atoms with E-state index in [9.17, 15) is 9.90 Å². The molecule has 3 rings (SSSR count). The largest absolute Gasteiger partial charge is 0.460 e. The van der Waals surface area contributed by atoms with E-state index in [1.54, 1.807) is 0 Å². The molecule has 5 atom stereocenters. The maximum atomic E-state index is 12.2. The number of hydrogen-bond donors (Lipinski definition) is 1. The second kappa shape index (κ2) is 3.60.